The normalized spacial score (nSPS) is 13.2. The van der Waals surface area contributed by atoms with Crippen LogP contribution in [0.2, 0.25) is 0 Å². The van der Waals surface area contributed by atoms with Gasteiger partial charge in [-0.1, -0.05) is 18.2 Å². The molecule has 18 heavy (non-hydrogen) atoms. The molecule has 0 saturated carbocycles. The fourth-order valence-electron chi connectivity index (χ4n) is 2.58. The Morgan fingerprint density at radius 2 is 2.22 bits per heavy atom. The second-order valence-electron chi connectivity index (χ2n) is 4.56. The number of hydrogen-bond acceptors (Lipinski definition) is 3. The van der Waals surface area contributed by atoms with Crippen LogP contribution in [-0.2, 0) is 19.9 Å². The molecule has 0 amide bonds. The molecule has 0 bridgehead atoms. The molecule has 1 aliphatic rings. The number of ether oxygens (including phenoxy) is 1. The van der Waals surface area contributed by atoms with Crippen molar-refractivity contribution in [1.82, 2.24) is 9.78 Å². The van der Waals surface area contributed by atoms with Crippen LogP contribution in [0.5, 0.6) is 5.75 Å². The van der Waals surface area contributed by atoms with Gasteiger partial charge in [-0.3, -0.25) is 4.68 Å². The number of aromatic nitrogens is 2. The molecule has 0 fully saturated rings. The van der Waals surface area contributed by atoms with Gasteiger partial charge < -0.3 is 10.1 Å². The highest BCUT2D eigenvalue weighted by Crippen LogP contribution is 2.28. The first kappa shape index (κ1) is 11.1. The van der Waals surface area contributed by atoms with Crippen molar-refractivity contribution in [3.05, 3.63) is 41.1 Å². The van der Waals surface area contributed by atoms with Crippen LogP contribution in [0.4, 0.5) is 5.82 Å². The summed E-state index contributed by atoms with van der Waals surface area (Å²) in [5.41, 5.74) is 3.69. The topological polar surface area (TPSA) is 39.1 Å². The number of fused-ring (bicyclic) bond motifs is 1. The molecule has 0 spiro atoms. The molecule has 0 aliphatic carbocycles. The first-order valence-corrected chi connectivity index (χ1v) is 6.20. The molecule has 3 rings (SSSR count). The Balaban J connectivity index is 1.95. The highest BCUT2D eigenvalue weighted by atomic mass is 16.5. The summed E-state index contributed by atoms with van der Waals surface area (Å²) in [6, 6.07) is 8.13. The smallest absolute Gasteiger partial charge is 0.127 e. The van der Waals surface area contributed by atoms with Gasteiger partial charge in [0, 0.05) is 31.1 Å². The summed E-state index contributed by atoms with van der Waals surface area (Å²) in [6.07, 6.45) is 1.89. The number of hydrogen-bond donors (Lipinski definition) is 1. The second-order valence-corrected chi connectivity index (χ2v) is 4.56. The maximum absolute atomic E-state index is 5.39. The predicted molar refractivity (Wildman–Crippen MR) is 71.2 cm³/mol. The molecular formula is C14H17N3O. The van der Waals surface area contributed by atoms with Crippen LogP contribution in [0.15, 0.2) is 24.3 Å². The van der Waals surface area contributed by atoms with Crippen molar-refractivity contribution in [2.45, 2.75) is 12.8 Å². The molecule has 4 heteroatoms. The maximum Gasteiger partial charge on any atom is 0.127 e. The van der Waals surface area contributed by atoms with E-state index in [2.05, 4.69) is 16.5 Å². The lowest BCUT2D eigenvalue weighted by molar-refractivity contribution is 0.410. The molecule has 0 atom stereocenters. The standard InChI is InChI=1S/C14H17N3O/c1-17-14-11(7-8-15-14)12(16-17)9-10-5-3-4-6-13(10)18-2/h3-6,15H,7-9H2,1-2H3. The lowest BCUT2D eigenvalue weighted by Crippen LogP contribution is -2.03. The zero-order valence-corrected chi connectivity index (χ0v) is 10.7. The van der Waals surface area contributed by atoms with E-state index in [-0.39, 0.29) is 0 Å². The number of rotatable bonds is 3. The lowest BCUT2D eigenvalue weighted by Gasteiger charge is -2.07. The van der Waals surface area contributed by atoms with Gasteiger partial charge in [-0.2, -0.15) is 5.10 Å². The zero-order valence-electron chi connectivity index (χ0n) is 10.7. The Morgan fingerprint density at radius 1 is 1.39 bits per heavy atom. The molecule has 4 nitrogen and oxygen atoms in total. The van der Waals surface area contributed by atoms with E-state index in [9.17, 15) is 0 Å². The number of aryl methyl sites for hydroxylation is 1. The van der Waals surface area contributed by atoms with Crippen molar-refractivity contribution in [3.63, 3.8) is 0 Å². The number of nitrogens with zero attached hydrogens (tertiary/aromatic N) is 2. The summed E-state index contributed by atoms with van der Waals surface area (Å²) >= 11 is 0. The SMILES string of the molecule is COc1ccccc1Cc1nn(C)c2c1CCN2. The van der Waals surface area contributed by atoms with Crippen molar-refractivity contribution in [3.8, 4) is 5.75 Å². The molecule has 0 unspecified atom stereocenters. The summed E-state index contributed by atoms with van der Waals surface area (Å²) in [4.78, 5) is 0. The summed E-state index contributed by atoms with van der Waals surface area (Å²) < 4.78 is 7.33. The van der Waals surface area contributed by atoms with Crippen LogP contribution in [0.25, 0.3) is 0 Å². The minimum atomic E-state index is 0.828. The molecule has 1 aliphatic heterocycles. The Labute approximate surface area is 107 Å². The average Bonchev–Trinajstić information content (AvgIpc) is 2.96. The Morgan fingerprint density at radius 3 is 3.06 bits per heavy atom. The van der Waals surface area contributed by atoms with Gasteiger partial charge in [0.15, 0.2) is 0 Å². The molecule has 1 aromatic carbocycles. The summed E-state index contributed by atoms with van der Waals surface area (Å²) in [5.74, 6) is 2.10. The van der Waals surface area contributed by atoms with E-state index in [0.29, 0.717) is 0 Å². The monoisotopic (exact) mass is 243 g/mol. The van der Waals surface area contributed by atoms with E-state index in [1.54, 1.807) is 7.11 Å². The van der Waals surface area contributed by atoms with Gasteiger partial charge in [0.2, 0.25) is 0 Å². The largest absolute Gasteiger partial charge is 0.496 e. The summed E-state index contributed by atoms with van der Waals surface area (Å²) in [6.45, 7) is 1.01. The molecular weight excluding hydrogens is 226 g/mol. The maximum atomic E-state index is 5.39. The minimum absolute atomic E-state index is 0.828. The number of anilines is 1. The zero-order chi connectivity index (χ0) is 12.5. The predicted octanol–water partition coefficient (Wildman–Crippen LogP) is 1.99. The third kappa shape index (κ3) is 1.74. The lowest BCUT2D eigenvalue weighted by atomic mass is 10.0. The van der Waals surface area contributed by atoms with Crippen molar-refractivity contribution >= 4 is 5.82 Å². The van der Waals surface area contributed by atoms with E-state index >= 15 is 0 Å². The van der Waals surface area contributed by atoms with Crippen molar-refractivity contribution in [2.75, 3.05) is 19.0 Å². The first-order valence-electron chi connectivity index (χ1n) is 6.20. The van der Waals surface area contributed by atoms with Crippen LogP contribution < -0.4 is 10.1 Å². The molecule has 0 radical (unpaired) electrons. The van der Waals surface area contributed by atoms with E-state index in [1.165, 1.54) is 16.9 Å². The number of benzene rings is 1. The molecule has 1 aromatic heterocycles. The van der Waals surface area contributed by atoms with Gasteiger partial charge >= 0.3 is 0 Å². The third-order valence-corrected chi connectivity index (χ3v) is 3.45. The number of para-hydroxylation sites is 1. The van der Waals surface area contributed by atoms with Gasteiger partial charge in [-0.15, -0.1) is 0 Å². The molecule has 94 valence electrons. The van der Waals surface area contributed by atoms with Crippen molar-refractivity contribution in [2.24, 2.45) is 7.05 Å². The van der Waals surface area contributed by atoms with Crippen LogP contribution in [0.3, 0.4) is 0 Å². The van der Waals surface area contributed by atoms with E-state index < -0.39 is 0 Å². The Bertz CT molecular complexity index is 574. The van der Waals surface area contributed by atoms with Gasteiger partial charge in [0.05, 0.1) is 12.8 Å². The van der Waals surface area contributed by atoms with Crippen LogP contribution in [0.1, 0.15) is 16.8 Å². The quantitative estimate of drug-likeness (QED) is 0.896. The highest BCUT2D eigenvalue weighted by Gasteiger charge is 2.21. The van der Waals surface area contributed by atoms with Crippen LogP contribution >= 0.6 is 0 Å². The number of nitrogens with one attached hydrogen (secondary N) is 1. The van der Waals surface area contributed by atoms with E-state index in [4.69, 9.17) is 4.74 Å². The van der Waals surface area contributed by atoms with Gasteiger partial charge in [0.1, 0.15) is 11.6 Å². The summed E-state index contributed by atoms with van der Waals surface area (Å²) in [7, 11) is 3.70. The first-order chi connectivity index (χ1) is 8.79. The van der Waals surface area contributed by atoms with Crippen molar-refractivity contribution in [1.29, 1.82) is 0 Å². The highest BCUT2D eigenvalue weighted by molar-refractivity contribution is 5.53. The Kier molecular flexibility index (Phi) is 2.70. The molecule has 0 saturated heterocycles. The van der Waals surface area contributed by atoms with E-state index in [1.807, 2.05) is 29.9 Å². The average molecular weight is 243 g/mol. The summed E-state index contributed by atoms with van der Waals surface area (Å²) in [5, 5.41) is 7.97. The third-order valence-electron chi connectivity index (χ3n) is 3.45. The molecule has 2 heterocycles. The van der Waals surface area contributed by atoms with Crippen LogP contribution in [-0.4, -0.2) is 23.4 Å². The van der Waals surface area contributed by atoms with Gasteiger partial charge in [0.25, 0.3) is 0 Å². The van der Waals surface area contributed by atoms with E-state index in [0.717, 1.165) is 30.8 Å². The second kappa shape index (κ2) is 4.37. The minimum Gasteiger partial charge on any atom is -0.496 e. The molecule has 2 aromatic rings. The number of methoxy groups -OCH3 is 1. The van der Waals surface area contributed by atoms with Crippen molar-refractivity contribution < 1.29 is 4.74 Å². The van der Waals surface area contributed by atoms with Gasteiger partial charge in [-0.05, 0) is 12.5 Å². The van der Waals surface area contributed by atoms with Crippen LogP contribution in [0, 0.1) is 0 Å². The van der Waals surface area contributed by atoms with Gasteiger partial charge in [-0.25, -0.2) is 0 Å². The molecule has 1 N–H and O–H groups in total. The fourth-order valence-corrected chi connectivity index (χ4v) is 2.58. The fraction of sp³-hybridized carbons (Fsp3) is 0.357. The Hall–Kier alpha value is -1.97.